The van der Waals surface area contributed by atoms with Gasteiger partial charge in [-0.15, -0.1) is 0 Å². The van der Waals surface area contributed by atoms with Crippen molar-refractivity contribution >= 4 is 18.5 Å². The molecule has 0 bridgehead atoms. The van der Waals surface area contributed by atoms with Crippen LogP contribution in [0.4, 0.5) is 0 Å². The topological polar surface area (TPSA) is 55.1 Å². The Balaban J connectivity index is 3.74. The molecule has 0 unspecified atom stereocenters. The molecule has 0 aliphatic heterocycles. The number of rotatable bonds is 2. The van der Waals surface area contributed by atoms with Crippen LogP contribution in [0.25, 0.3) is 0 Å². The molecule has 0 fully saturated rings. The second kappa shape index (κ2) is 3.08. The monoisotopic (exact) mass is 148 g/mol. The molecule has 0 radical (unpaired) electrons. The number of carbonyl (C=O) groups excluding carboxylic acids is 1. The predicted molar refractivity (Wildman–Crippen MR) is 40.3 cm³/mol. The Hall–Kier alpha value is -0.220. The van der Waals surface area contributed by atoms with Crippen molar-refractivity contribution < 1.29 is 4.79 Å². The van der Waals surface area contributed by atoms with Gasteiger partial charge in [-0.1, -0.05) is 0 Å². The van der Waals surface area contributed by atoms with Gasteiger partial charge in [0.05, 0.1) is 11.4 Å². The predicted octanol–water partition coefficient (Wildman–Crippen LogP) is -0.273. The van der Waals surface area contributed by atoms with Crippen LogP contribution in [0.1, 0.15) is 13.8 Å². The van der Waals surface area contributed by atoms with E-state index in [9.17, 15) is 4.79 Å². The van der Waals surface area contributed by atoms with E-state index in [1.807, 2.05) is 0 Å². The highest BCUT2D eigenvalue weighted by atomic mass is 32.1. The summed E-state index contributed by atoms with van der Waals surface area (Å²) in [7, 11) is 0. The molecule has 3 nitrogen and oxygen atoms in total. The van der Waals surface area contributed by atoms with Crippen LogP contribution in [0, 0.1) is 0 Å². The Morgan fingerprint density at radius 2 is 2.22 bits per heavy atom. The highest BCUT2D eigenvalue weighted by molar-refractivity contribution is 7.82. The first-order valence-electron chi connectivity index (χ1n) is 2.69. The second-order valence-corrected chi connectivity index (χ2v) is 3.39. The van der Waals surface area contributed by atoms with Gasteiger partial charge in [0.15, 0.2) is 0 Å². The van der Waals surface area contributed by atoms with Crippen molar-refractivity contribution in [3.8, 4) is 0 Å². The molecule has 0 aromatic carbocycles. The van der Waals surface area contributed by atoms with Gasteiger partial charge in [0.1, 0.15) is 0 Å². The van der Waals surface area contributed by atoms with Gasteiger partial charge in [0.25, 0.3) is 0 Å². The normalized spacial score (nSPS) is 11.1. The Morgan fingerprint density at radius 3 is 2.33 bits per heavy atom. The lowest BCUT2D eigenvalue weighted by Crippen LogP contribution is -2.40. The zero-order valence-corrected chi connectivity index (χ0v) is 6.53. The highest BCUT2D eigenvalue weighted by Gasteiger charge is 2.20. The fourth-order valence-electron chi connectivity index (χ4n) is 0.309. The minimum atomic E-state index is -0.626. The third-order valence-corrected chi connectivity index (χ3v) is 1.02. The van der Waals surface area contributed by atoms with Crippen molar-refractivity contribution in [1.82, 2.24) is 5.32 Å². The minimum Gasteiger partial charge on any atom is -0.343 e. The van der Waals surface area contributed by atoms with Gasteiger partial charge in [-0.3, -0.25) is 4.79 Å². The number of nitrogens with one attached hydrogen (secondary N) is 1. The van der Waals surface area contributed by atoms with E-state index < -0.39 is 4.75 Å². The van der Waals surface area contributed by atoms with Crippen molar-refractivity contribution in [2.75, 3.05) is 6.67 Å². The summed E-state index contributed by atoms with van der Waals surface area (Å²) >= 11 is 4.02. The SMILES string of the molecule is CC(C)(S)C(=O)NCN. The first-order chi connectivity index (χ1) is 3.98. The molecule has 0 aromatic rings. The standard InChI is InChI=1S/C5H12N2OS/c1-5(2,9)4(8)7-3-6/h9H,3,6H2,1-2H3,(H,7,8). The van der Waals surface area contributed by atoms with Gasteiger partial charge >= 0.3 is 0 Å². The van der Waals surface area contributed by atoms with E-state index in [1.54, 1.807) is 13.8 Å². The lowest BCUT2D eigenvalue weighted by Gasteiger charge is -2.15. The van der Waals surface area contributed by atoms with E-state index in [0.717, 1.165) is 0 Å². The number of thiol groups is 1. The van der Waals surface area contributed by atoms with Crippen LogP contribution in [0.5, 0.6) is 0 Å². The maximum Gasteiger partial charge on any atom is 0.236 e. The van der Waals surface area contributed by atoms with Crippen molar-refractivity contribution in [2.24, 2.45) is 5.73 Å². The maximum absolute atomic E-state index is 10.8. The van der Waals surface area contributed by atoms with Crippen molar-refractivity contribution in [1.29, 1.82) is 0 Å². The molecule has 0 rings (SSSR count). The van der Waals surface area contributed by atoms with Gasteiger partial charge < -0.3 is 11.1 Å². The average Bonchev–Trinajstić information content (AvgIpc) is 1.64. The summed E-state index contributed by atoms with van der Waals surface area (Å²) in [6, 6.07) is 0. The van der Waals surface area contributed by atoms with Crippen molar-refractivity contribution in [3.63, 3.8) is 0 Å². The van der Waals surface area contributed by atoms with Gasteiger partial charge in [0.2, 0.25) is 5.91 Å². The number of nitrogens with two attached hydrogens (primary N) is 1. The van der Waals surface area contributed by atoms with Gasteiger partial charge in [0, 0.05) is 0 Å². The molecular weight excluding hydrogens is 136 g/mol. The zero-order chi connectivity index (χ0) is 7.49. The molecule has 3 N–H and O–H groups in total. The van der Waals surface area contributed by atoms with Crippen molar-refractivity contribution in [3.05, 3.63) is 0 Å². The smallest absolute Gasteiger partial charge is 0.236 e. The molecule has 0 saturated carbocycles. The maximum atomic E-state index is 10.8. The van der Waals surface area contributed by atoms with Gasteiger partial charge in [-0.2, -0.15) is 12.6 Å². The van der Waals surface area contributed by atoms with Crippen molar-refractivity contribution in [2.45, 2.75) is 18.6 Å². The Morgan fingerprint density at radius 1 is 1.78 bits per heavy atom. The molecule has 0 saturated heterocycles. The summed E-state index contributed by atoms with van der Waals surface area (Å²) < 4.78 is -0.626. The summed E-state index contributed by atoms with van der Waals surface area (Å²) in [4.78, 5) is 10.8. The Labute approximate surface area is 60.4 Å². The van der Waals surface area contributed by atoms with Gasteiger partial charge in [-0.25, -0.2) is 0 Å². The van der Waals surface area contributed by atoms with E-state index in [0.29, 0.717) is 0 Å². The summed E-state index contributed by atoms with van der Waals surface area (Å²) in [6.45, 7) is 3.59. The van der Waals surface area contributed by atoms with E-state index in [2.05, 4.69) is 17.9 Å². The largest absolute Gasteiger partial charge is 0.343 e. The Kier molecular flexibility index (Phi) is 3.00. The third kappa shape index (κ3) is 3.37. The third-order valence-electron chi connectivity index (χ3n) is 0.818. The quantitative estimate of drug-likeness (QED) is 0.373. The van der Waals surface area contributed by atoms with Crippen LogP contribution >= 0.6 is 12.6 Å². The molecule has 0 atom stereocenters. The number of hydrogen-bond acceptors (Lipinski definition) is 3. The van der Waals surface area contributed by atoms with E-state index in [1.165, 1.54) is 0 Å². The molecule has 1 amide bonds. The number of carbonyl (C=O) groups is 1. The number of amides is 1. The first-order valence-corrected chi connectivity index (χ1v) is 3.14. The van der Waals surface area contributed by atoms with E-state index in [-0.39, 0.29) is 12.6 Å². The van der Waals surface area contributed by atoms with Gasteiger partial charge in [-0.05, 0) is 13.8 Å². The molecule has 4 heteroatoms. The zero-order valence-electron chi connectivity index (χ0n) is 5.64. The molecule has 0 heterocycles. The summed E-state index contributed by atoms with van der Waals surface area (Å²) in [5, 5.41) is 2.45. The molecular formula is C5H12N2OS. The molecule has 0 spiro atoms. The fourth-order valence-corrected chi connectivity index (χ4v) is 0.388. The van der Waals surface area contributed by atoms with E-state index >= 15 is 0 Å². The van der Waals surface area contributed by atoms with Crippen LogP contribution in [0.2, 0.25) is 0 Å². The van der Waals surface area contributed by atoms with Crippen LogP contribution in [0.3, 0.4) is 0 Å². The molecule has 9 heavy (non-hydrogen) atoms. The van der Waals surface area contributed by atoms with Crippen LogP contribution in [-0.4, -0.2) is 17.3 Å². The van der Waals surface area contributed by atoms with Crippen LogP contribution in [0.15, 0.2) is 0 Å². The Bertz CT molecular complexity index is 108. The molecule has 0 aromatic heterocycles. The molecule has 0 aliphatic carbocycles. The first kappa shape index (κ1) is 8.78. The average molecular weight is 148 g/mol. The molecule has 0 aliphatic rings. The lowest BCUT2D eigenvalue weighted by atomic mass is 10.2. The summed E-state index contributed by atoms with van der Waals surface area (Å²) in [5.74, 6) is -0.145. The van der Waals surface area contributed by atoms with Crippen LogP contribution < -0.4 is 11.1 Å². The van der Waals surface area contributed by atoms with E-state index in [4.69, 9.17) is 5.73 Å². The number of hydrogen-bond donors (Lipinski definition) is 3. The minimum absolute atomic E-state index is 0.145. The lowest BCUT2D eigenvalue weighted by molar-refractivity contribution is -0.122. The second-order valence-electron chi connectivity index (χ2n) is 2.27. The molecule has 54 valence electrons. The summed E-state index contributed by atoms with van der Waals surface area (Å²) in [6.07, 6.45) is 0. The highest BCUT2D eigenvalue weighted by Crippen LogP contribution is 2.10. The fraction of sp³-hybridized carbons (Fsp3) is 0.800. The van der Waals surface area contributed by atoms with Crippen LogP contribution in [-0.2, 0) is 4.79 Å². The summed E-state index contributed by atoms with van der Waals surface area (Å²) in [5.41, 5.74) is 5.06.